The molecule has 130 valence electrons. The Morgan fingerprint density at radius 1 is 1.31 bits per heavy atom. The number of aromatic nitrogens is 6. The van der Waals surface area contributed by atoms with Crippen molar-refractivity contribution in [3.8, 4) is 17.3 Å². The van der Waals surface area contributed by atoms with Gasteiger partial charge in [-0.2, -0.15) is 5.10 Å². The first-order valence-electron chi connectivity index (χ1n) is 8.31. The molecule has 2 heterocycles. The number of para-hydroxylation sites is 1. The van der Waals surface area contributed by atoms with Crippen LogP contribution in [-0.4, -0.2) is 42.3 Å². The quantitative estimate of drug-likeness (QED) is 0.559. The van der Waals surface area contributed by atoms with E-state index in [0.717, 1.165) is 22.5 Å². The number of aromatic amines is 1. The first kappa shape index (κ1) is 14.9. The molecular formula is C17H14N6O3. The predicted octanol–water partition coefficient (Wildman–Crippen LogP) is 1.34. The first-order chi connectivity index (χ1) is 12.6. The van der Waals surface area contributed by atoms with Crippen molar-refractivity contribution < 1.29 is 14.3 Å². The summed E-state index contributed by atoms with van der Waals surface area (Å²) in [6.45, 7) is 1.27. The van der Waals surface area contributed by atoms with Crippen LogP contribution < -0.4 is 4.74 Å². The zero-order valence-electron chi connectivity index (χ0n) is 13.8. The number of benzene rings is 1. The predicted molar refractivity (Wildman–Crippen MR) is 87.4 cm³/mol. The number of fused-ring (bicyclic) bond motifs is 3. The van der Waals surface area contributed by atoms with Gasteiger partial charge in [-0.25, -0.2) is 0 Å². The fraction of sp³-hybridized carbons (Fsp3) is 0.294. The van der Waals surface area contributed by atoms with Gasteiger partial charge in [0.25, 0.3) is 0 Å². The second-order valence-electron chi connectivity index (χ2n) is 6.57. The Kier molecular flexibility index (Phi) is 3.05. The van der Waals surface area contributed by atoms with Crippen molar-refractivity contribution in [3.63, 3.8) is 0 Å². The van der Waals surface area contributed by atoms with E-state index in [1.165, 1.54) is 13.3 Å². The maximum atomic E-state index is 12.7. The lowest BCUT2D eigenvalue weighted by atomic mass is 10.1. The van der Waals surface area contributed by atoms with Gasteiger partial charge < -0.3 is 4.74 Å². The van der Waals surface area contributed by atoms with E-state index < -0.39 is 11.9 Å². The fourth-order valence-corrected chi connectivity index (χ4v) is 3.56. The molecule has 3 aromatic rings. The maximum Gasteiger partial charge on any atom is 0.308 e. The number of rotatable bonds is 3. The fourth-order valence-electron chi connectivity index (χ4n) is 3.56. The highest BCUT2D eigenvalue weighted by atomic mass is 16.5. The van der Waals surface area contributed by atoms with E-state index in [4.69, 9.17) is 4.74 Å². The molecule has 0 bridgehead atoms. The van der Waals surface area contributed by atoms with Crippen LogP contribution in [-0.2, 0) is 11.2 Å². The summed E-state index contributed by atoms with van der Waals surface area (Å²) in [6.07, 6.45) is 2.17. The average Bonchev–Trinajstić information content (AvgIpc) is 3.00. The average molecular weight is 350 g/mol. The highest BCUT2D eigenvalue weighted by Gasteiger charge is 2.48. The summed E-state index contributed by atoms with van der Waals surface area (Å²) < 4.78 is 5.08. The van der Waals surface area contributed by atoms with Gasteiger partial charge in [0, 0.05) is 24.1 Å². The molecule has 0 radical (unpaired) electrons. The Bertz CT molecular complexity index is 1050. The summed E-state index contributed by atoms with van der Waals surface area (Å²) in [5.74, 6) is 0.703. The smallest absolute Gasteiger partial charge is 0.308 e. The third-order valence-corrected chi connectivity index (χ3v) is 4.84. The molecule has 2 atom stereocenters. The van der Waals surface area contributed by atoms with Gasteiger partial charge in [-0.1, -0.05) is 16.9 Å². The number of nitrogens with one attached hydrogen (secondary N) is 1. The van der Waals surface area contributed by atoms with Crippen LogP contribution >= 0.6 is 0 Å². The van der Waals surface area contributed by atoms with Crippen LogP contribution in [0.15, 0.2) is 24.3 Å². The standard InChI is InChI=1S/C17H14N6O3/c1-8(24)26-13-5-3-2-4-10(13)17(25)23-21-16(20-22-23)15-12-7-9-6-11(9)14(12)18-19-15/h2-5,9,11H,6-7H2,1H3,(H,18,19)/t9-,11-/m1/s1. The Labute approximate surface area is 147 Å². The minimum Gasteiger partial charge on any atom is -0.426 e. The second kappa shape index (κ2) is 5.32. The van der Waals surface area contributed by atoms with Crippen molar-refractivity contribution in [2.45, 2.75) is 25.7 Å². The van der Waals surface area contributed by atoms with E-state index in [0.29, 0.717) is 23.4 Å². The van der Waals surface area contributed by atoms with Crippen molar-refractivity contribution in [2.75, 3.05) is 0 Å². The molecule has 9 nitrogen and oxygen atoms in total. The molecule has 0 saturated heterocycles. The zero-order chi connectivity index (χ0) is 17.8. The van der Waals surface area contributed by atoms with Gasteiger partial charge in [0.2, 0.25) is 5.82 Å². The van der Waals surface area contributed by atoms with Gasteiger partial charge in [-0.15, -0.1) is 10.2 Å². The van der Waals surface area contributed by atoms with Crippen molar-refractivity contribution in [1.82, 2.24) is 30.4 Å². The van der Waals surface area contributed by atoms with Crippen LogP contribution in [0.4, 0.5) is 0 Å². The van der Waals surface area contributed by atoms with E-state index in [2.05, 4.69) is 25.6 Å². The molecule has 1 aromatic carbocycles. The maximum absolute atomic E-state index is 12.7. The Morgan fingerprint density at radius 2 is 2.15 bits per heavy atom. The lowest BCUT2D eigenvalue weighted by Gasteiger charge is -2.06. The largest absolute Gasteiger partial charge is 0.426 e. The lowest BCUT2D eigenvalue weighted by molar-refractivity contribution is -0.131. The number of hydrogen-bond acceptors (Lipinski definition) is 7. The van der Waals surface area contributed by atoms with Crippen molar-refractivity contribution in [1.29, 1.82) is 0 Å². The summed E-state index contributed by atoms with van der Waals surface area (Å²) in [6, 6.07) is 6.43. The van der Waals surface area contributed by atoms with Gasteiger partial charge in [0.05, 0.1) is 5.56 Å². The molecule has 1 fully saturated rings. The monoisotopic (exact) mass is 350 g/mol. The number of tetrazole rings is 1. The van der Waals surface area contributed by atoms with E-state index in [9.17, 15) is 9.59 Å². The van der Waals surface area contributed by atoms with E-state index >= 15 is 0 Å². The second-order valence-corrected chi connectivity index (χ2v) is 6.57. The zero-order valence-corrected chi connectivity index (χ0v) is 13.8. The highest BCUT2D eigenvalue weighted by molar-refractivity contribution is 5.98. The lowest BCUT2D eigenvalue weighted by Crippen LogP contribution is -2.17. The third-order valence-electron chi connectivity index (χ3n) is 4.84. The molecule has 2 aromatic heterocycles. The molecular weight excluding hydrogens is 336 g/mol. The molecule has 0 unspecified atom stereocenters. The van der Waals surface area contributed by atoms with E-state index in [1.54, 1.807) is 24.3 Å². The number of carbonyl (C=O) groups excluding carboxylic acids is 2. The third kappa shape index (κ3) is 2.24. The number of carbonyl (C=O) groups is 2. The molecule has 26 heavy (non-hydrogen) atoms. The van der Waals surface area contributed by atoms with Crippen molar-refractivity contribution >= 4 is 11.9 Å². The summed E-state index contributed by atoms with van der Waals surface area (Å²) in [5.41, 5.74) is 3.12. The summed E-state index contributed by atoms with van der Waals surface area (Å²) >= 11 is 0. The van der Waals surface area contributed by atoms with Crippen LogP contribution in [0.25, 0.3) is 11.5 Å². The molecule has 9 heteroatoms. The van der Waals surface area contributed by atoms with Crippen LogP contribution in [0, 0.1) is 5.92 Å². The minimum atomic E-state index is -0.532. The number of ether oxygens (including phenoxy) is 1. The number of H-pyrrole nitrogens is 1. The summed E-state index contributed by atoms with van der Waals surface area (Å²) in [5, 5.41) is 19.4. The van der Waals surface area contributed by atoms with E-state index in [-0.39, 0.29) is 11.3 Å². The van der Waals surface area contributed by atoms with Crippen LogP contribution in [0.5, 0.6) is 5.75 Å². The van der Waals surface area contributed by atoms with Gasteiger partial charge in [0.1, 0.15) is 11.4 Å². The summed E-state index contributed by atoms with van der Waals surface area (Å²) in [7, 11) is 0. The molecule has 5 rings (SSSR count). The van der Waals surface area contributed by atoms with Gasteiger partial charge in [0.15, 0.2) is 0 Å². The molecule has 0 amide bonds. The van der Waals surface area contributed by atoms with Gasteiger partial charge in [-0.05, 0) is 36.1 Å². The number of esters is 1. The molecule has 0 spiro atoms. The van der Waals surface area contributed by atoms with Gasteiger partial charge >= 0.3 is 11.9 Å². The molecule has 2 aliphatic rings. The normalized spacial score (nSPS) is 19.7. The Morgan fingerprint density at radius 3 is 3.00 bits per heavy atom. The Balaban J connectivity index is 1.47. The topological polar surface area (TPSA) is 116 Å². The molecule has 0 aliphatic heterocycles. The van der Waals surface area contributed by atoms with E-state index in [1.807, 2.05) is 0 Å². The van der Waals surface area contributed by atoms with Crippen molar-refractivity contribution in [2.24, 2.45) is 5.92 Å². The molecule has 1 saturated carbocycles. The highest BCUT2D eigenvalue weighted by Crippen LogP contribution is 2.56. The minimum absolute atomic E-state index is 0.157. The van der Waals surface area contributed by atoms with Gasteiger partial charge in [-0.3, -0.25) is 14.7 Å². The van der Waals surface area contributed by atoms with Crippen LogP contribution in [0.3, 0.4) is 0 Å². The summed E-state index contributed by atoms with van der Waals surface area (Å²) in [4.78, 5) is 24.8. The molecule has 1 N–H and O–H groups in total. The number of hydrogen-bond donors (Lipinski definition) is 1. The van der Waals surface area contributed by atoms with Crippen LogP contribution in [0.1, 0.15) is 40.9 Å². The van der Waals surface area contributed by atoms with Crippen LogP contribution in [0.2, 0.25) is 0 Å². The SMILES string of the molecule is CC(=O)Oc1ccccc1C(=O)n1nnc(-c2n[nH]c3c2C[C@H]2C[C@@H]32)n1. The Hall–Kier alpha value is -3.36. The molecule has 2 aliphatic carbocycles. The first-order valence-corrected chi connectivity index (χ1v) is 8.31. The number of nitrogens with zero attached hydrogens (tertiary/aromatic N) is 5. The van der Waals surface area contributed by atoms with Crippen molar-refractivity contribution in [3.05, 3.63) is 41.1 Å².